The van der Waals surface area contributed by atoms with Crippen molar-refractivity contribution in [3.05, 3.63) is 59.4 Å². The summed E-state index contributed by atoms with van der Waals surface area (Å²) in [6.07, 6.45) is 0.808. The molecule has 7 heteroatoms. The Hall–Kier alpha value is -2.93. The molecule has 0 aliphatic rings. The molecule has 162 valence electrons. The lowest BCUT2D eigenvalue weighted by Gasteiger charge is -2.30. The highest BCUT2D eigenvalue weighted by molar-refractivity contribution is 6.04. The second-order valence-electron chi connectivity index (χ2n) is 7.41. The number of carbonyl (C=O) groups excluding carboxylic acids is 2. The summed E-state index contributed by atoms with van der Waals surface area (Å²) in [6.45, 7) is 4.42. The fourth-order valence-electron chi connectivity index (χ4n) is 3.16. The van der Waals surface area contributed by atoms with Crippen molar-refractivity contribution in [1.29, 1.82) is 0 Å². The van der Waals surface area contributed by atoms with Crippen molar-refractivity contribution < 1.29 is 18.7 Å². The molecule has 1 N–H and O–H groups in total. The van der Waals surface area contributed by atoms with Crippen LogP contribution in [-0.4, -0.2) is 50.6 Å². The third-order valence-corrected chi connectivity index (χ3v) is 4.96. The summed E-state index contributed by atoms with van der Waals surface area (Å²) >= 11 is 0. The fourth-order valence-corrected chi connectivity index (χ4v) is 3.16. The summed E-state index contributed by atoms with van der Waals surface area (Å²) in [5.41, 5.74) is 2.65. The van der Waals surface area contributed by atoms with Crippen LogP contribution in [0.15, 0.2) is 42.5 Å². The second-order valence-corrected chi connectivity index (χ2v) is 7.41. The highest BCUT2D eigenvalue weighted by Crippen LogP contribution is 2.26. The van der Waals surface area contributed by atoms with Crippen LogP contribution in [0.5, 0.6) is 0 Å². The summed E-state index contributed by atoms with van der Waals surface area (Å²) in [4.78, 5) is 28.8. The molecule has 2 rings (SSSR count). The Morgan fingerprint density at radius 3 is 2.50 bits per heavy atom. The average molecular weight is 416 g/mol. The number of benzene rings is 2. The molecule has 30 heavy (non-hydrogen) atoms. The molecule has 2 aromatic carbocycles. The summed E-state index contributed by atoms with van der Waals surface area (Å²) in [5, 5.41) is 2.81. The van der Waals surface area contributed by atoms with E-state index in [-0.39, 0.29) is 24.1 Å². The average Bonchev–Trinajstić information content (AvgIpc) is 2.71. The third kappa shape index (κ3) is 6.03. The summed E-state index contributed by atoms with van der Waals surface area (Å²) in [5.74, 6) is -0.954. The number of nitrogens with zero attached hydrogens (tertiary/aromatic N) is 2. The Morgan fingerprint density at radius 1 is 1.17 bits per heavy atom. The molecule has 0 fully saturated rings. The molecule has 0 aromatic heterocycles. The number of carbonyl (C=O) groups is 2. The van der Waals surface area contributed by atoms with Crippen molar-refractivity contribution in [2.75, 3.05) is 38.0 Å². The number of hydrogen-bond donors (Lipinski definition) is 1. The molecule has 0 saturated heterocycles. The van der Waals surface area contributed by atoms with E-state index in [0.717, 1.165) is 17.7 Å². The number of anilines is 2. The number of ether oxygens (including phenoxy) is 1. The topological polar surface area (TPSA) is 61.9 Å². The number of methoxy groups -OCH3 is 1. The lowest BCUT2D eigenvalue weighted by atomic mass is 10.1. The number of amides is 2. The standard InChI is InChI=1S/C23H30FN3O3/c1-6-16(2)27(22(28)15-30-5)14-18-13-20(10-11-21(18)26(3)4)25-23(29)17-8-7-9-19(24)12-17/h7-13,16H,6,14-15H2,1-5H3,(H,25,29)/t16-/m0/s1. The molecule has 0 spiro atoms. The van der Waals surface area contributed by atoms with Gasteiger partial charge in [-0.1, -0.05) is 13.0 Å². The number of rotatable bonds is 9. The maximum absolute atomic E-state index is 13.4. The van der Waals surface area contributed by atoms with E-state index in [0.29, 0.717) is 12.2 Å². The molecule has 0 heterocycles. The van der Waals surface area contributed by atoms with Crippen molar-refractivity contribution >= 4 is 23.2 Å². The van der Waals surface area contributed by atoms with Gasteiger partial charge in [-0.25, -0.2) is 4.39 Å². The van der Waals surface area contributed by atoms with Crippen molar-refractivity contribution in [2.45, 2.75) is 32.9 Å². The van der Waals surface area contributed by atoms with Crippen molar-refractivity contribution in [3.8, 4) is 0 Å². The van der Waals surface area contributed by atoms with Crippen LogP contribution >= 0.6 is 0 Å². The predicted molar refractivity (Wildman–Crippen MR) is 117 cm³/mol. The zero-order chi connectivity index (χ0) is 22.3. The molecule has 2 amide bonds. The van der Waals surface area contributed by atoms with Gasteiger partial charge in [0.2, 0.25) is 5.91 Å². The maximum Gasteiger partial charge on any atom is 0.255 e. The maximum atomic E-state index is 13.4. The Bertz CT molecular complexity index is 886. The van der Waals surface area contributed by atoms with Gasteiger partial charge in [0.25, 0.3) is 5.91 Å². The first-order chi connectivity index (χ1) is 14.3. The van der Waals surface area contributed by atoms with Crippen LogP contribution in [0, 0.1) is 5.82 Å². The van der Waals surface area contributed by atoms with Crippen LogP contribution in [0.4, 0.5) is 15.8 Å². The van der Waals surface area contributed by atoms with E-state index >= 15 is 0 Å². The highest BCUT2D eigenvalue weighted by Gasteiger charge is 2.21. The fraction of sp³-hybridized carbons (Fsp3) is 0.391. The first-order valence-corrected chi connectivity index (χ1v) is 9.92. The first-order valence-electron chi connectivity index (χ1n) is 9.92. The van der Waals surface area contributed by atoms with Gasteiger partial charge in [-0.2, -0.15) is 0 Å². The zero-order valence-corrected chi connectivity index (χ0v) is 18.2. The van der Waals surface area contributed by atoms with E-state index in [4.69, 9.17) is 4.74 Å². The predicted octanol–water partition coefficient (Wildman–Crippen LogP) is 3.92. The van der Waals surface area contributed by atoms with Crippen LogP contribution in [0.25, 0.3) is 0 Å². The minimum absolute atomic E-state index is 0.0115. The van der Waals surface area contributed by atoms with Crippen LogP contribution in [0.2, 0.25) is 0 Å². The van der Waals surface area contributed by atoms with Gasteiger partial charge in [0.05, 0.1) is 0 Å². The molecule has 0 radical (unpaired) electrons. The van der Waals surface area contributed by atoms with E-state index < -0.39 is 11.7 Å². The summed E-state index contributed by atoms with van der Waals surface area (Å²) < 4.78 is 18.5. The molecule has 0 unspecified atom stereocenters. The molecule has 2 aromatic rings. The number of nitrogens with one attached hydrogen (secondary N) is 1. The van der Waals surface area contributed by atoms with E-state index in [9.17, 15) is 14.0 Å². The first kappa shape index (κ1) is 23.3. The van der Waals surface area contributed by atoms with Gasteiger partial charge < -0.3 is 19.9 Å². The van der Waals surface area contributed by atoms with Gasteiger partial charge in [-0.15, -0.1) is 0 Å². The Morgan fingerprint density at radius 2 is 1.90 bits per heavy atom. The van der Waals surface area contributed by atoms with Crippen LogP contribution in [-0.2, 0) is 16.1 Å². The van der Waals surface area contributed by atoms with Crippen molar-refractivity contribution in [2.24, 2.45) is 0 Å². The van der Waals surface area contributed by atoms with Crippen molar-refractivity contribution in [3.63, 3.8) is 0 Å². The SMILES string of the molecule is CC[C@H](C)N(Cc1cc(NC(=O)c2cccc(F)c2)ccc1N(C)C)C(=O)COC. The smallest absolute Gasteiger partial charge is 0.255 e. The van der Waals surface area contributed by atoms with Gasteiger partial charge in [0.1, 0.15) is 12.4 Å². The van der Waals surface area contributed by atoms with Crippen molar-refractivity contribution in [1.82, 2.24) is 4.90 Å². The minimum Gasteiger partial charge on any atom is -0.377 e. The van der Waals surface area contributed by atoms with Gasteiger partial charge in [-0.05, 0) is 55.3 Å². The second kappa shape index (κ2) is 10.7. The van der Waals surface area contributed by atoms with Gasteiger partial charge in [0, 0.05) is 50.7 Å². The minimum atomic E-state index is -0.466. The van der Waals surface area contributed by atoms with Gasteiger partial charge >= 0.3 is 0 Å². The lowest BCUT2D eigenvalue weighted by molar-refractivity contribution is -0.138. The highest BCUT2D eigenvalue weighted by atomic mass is 19.1. The van der Waals surface area contributed by atoms with Gasteiger partial charge in [-0.3, -0.25) is 9.59 Å². The molecule has 6 nitrogen and oxygen atoms in total. The van der Waals surface area contributed by atoms with E-state index in [1.54, 1.807) is 17.0 Å². The Labute approximate surface area is 177 Å². The molecule has 0 aliphatic heterocycles. The van der Waals surface area contributed by atoms with Crippen LogP contribution < -0.4 is 10.2 Å². The molecule has 0 aliphatic carbocycles. The monoisotopic (exact) mass is 415 g/mol. The van der Waals surface area contributed by atoms with Crippen LogP contribution in [0.1, 0.15) is 36.2 Å². The molecule has 1 atom stereocenters. The third-order valence-electron chi connectivity index (χ3n) is 4.96. The molecule has 0 bridgehead atoms. The normalized spacial score (nSPS) is 11.7. The van der Waals surface area contributed by atoms with E-state index in [2.05, 4.69) is 5.32 Å². The van der Waals surface area contributed by atoms with E-state index in [1.165, 1.54) is 25.3 Å². The molecule has 0 saturated carbocycles. The Kier molecular flexibility index (Phi) is 8.35. The summed E-state index contributed by atoms with van der Waals surface area (Å²) in [7, 11) is 5.35. The zero-order valence-electron chi connectivity index (χ0n) is 18.2. The molecular formula is C23H30FN3O3. The van der Waals surface area contributed by atoms with Gasteiger partial charge in [0.15, 0.2) is 0 Å². The number of halogens is 1. The Balaban J connectivity index is 2.32. The van der Waals surface area contributed by atoms with E-state index in [1.807, 2.05) is 45.0 Å². The number of hydrogen-bond acceptors (Lipinski definition) is 4. The molecular weight excluding hydrogens is 385 g/mol. The van der Waals surface area contributed by atoms with Crippen LogP contribution in [0.3, 0.4) is 0 Å². The largest absolute Gasteiger partial charge is 0.377 e. The summed E-state index contributed by atoms with van der Waals surface area (Å²) in [6, 6.07) is 11.1. The lowest BCUT2D eigenvalue weighted by Crippen LogP contribution is -2.40. The quantitative estimate of drug-likeness (QED) is 0.674.